The van der Waals surface area contributed by atoms with E-state index < -0.39 is 12.0 Å². The first-order valence-electron chi connectivity index (χ1n) is 6.93. The number of amides is 1. The maximum absolute atomic E-state index is 12.4. The van der Waals surface area contributed by atoms with Gasteiger partial charge < -0.3 is 14.9 Å². The van der Waals surface area contributed by atoms with Gasteiger partial charge in [-0.05, 0) is 45.0 Å². The first-order valence-corrected chi connectivity index (χ1v) is 7.31. The largest absolute Gasteiger partial charge is 0.480 e. The molecule has 1 aromatic rings. The van der Waals surface area contributed by atoms with Crippen molar-refractivity contribution in [3.05, 3.63) is 29.3 Å². The molecule has 1 unspecified atom stereocenters. The smallest absolute Gasteiger partial charge is 0.323 e. The lowest BCUT2D eigenvalue weighted by molar-refractivity contribution is -0.135. The lowest BCUT2D eigenvalue weighted by atomic mass is 10.2. The zero-order valence-corrected chi connectivity index (χ0v) is 13.3. The Hall–Kier alpha value is -1.75. The number of carbonyl (C=O) groups is 2. The topological polar surface area (TPSA) is 60.9 Å². The number of halogens is 1. The fourth-order valence-corrected chi connectivity index (χ4v) is 2.29. The Bertz CT molecular complexity index is 486. The van der Waals surface area contributed by atoms with Gasteiger partial charge >= 0.3 is 5.97 Å². The Morgan fingerprint density at radius 2 is 1.71 bits per heavy atom. The molecule has 1 aromatic carbocycles. The van der Waals surface area contributed by atoms with E-state index in [0.717, 1.165) is 0 Å². The average molecular weight is 313 g/mol. The Balaban J connectivity index is 3.04. The van der Waals surface area contributed by atoms with Gasteiger partial charge in [-0.3, -0.25) is 9.59 Å². The third kappa shape index (κ3) is 4.63. The van der Waals surface area contributed by atoms with Crippen LogP contribution in [0.1, 0.15) is 20.8 Å². The number of nitrogens with zero attached hydrogens (tertiary/aromatic N) is 2. The summed E-state index contributed by atoms with van der Waals surface area (Å²) >= 11 is 5.85. The number of carboxylic acids is 1. The number of anilines is 1. The molecule has 0 aliphatic carbocycles. The van der Waals surface area contributed by atoms with Crippen molar-refractivity contribution in [2.24, 2.45) is 0 Å². The van der Waals surface area contributed by atoms with E-state index in [1.807, 2.05) is 13.8 Å². The SMILES string of the molecule is CCN(CC)C(=O)C(C)N(CC(=O)O)c1ccc(Cl)cc1. The molecule has 0 aromatic heterocycles. The van der Waals surface area contributed by atoms with E-state index in [1.165, 1.54) is 0 Å². The predicted octanol–water partition coefficient (Wildman–Crippen LogP) is 2.49. The summed E-state index contributed by atoms with van der Waals surface area (Å²) in [5, 5.41) is 9.66. The summed E-state index contributed by atoms with van der Waals surface area (Å²) < 4.78 is 0. The number of benzene rings is 1. The number of rotatable bonds is 7. The Morgan fingerprint density at radius 1 is 1.19 bits per heavy atom. The van der Waals surface area contributed by atoms with Crippen LogP contribution in [0.3, 0.4) is 0 Å². The molecule has 6 heteroatoms. The second-order valence-electron chi connectivity index (χ2n) is 4.68. The standard InChI is InChI=1S/C15H21ClN2O3/c1-4-17(5-2)15(21)11(3)18(10-14(19)20)13-8-6-12(16)7-9-13/h6-9,11H,4-5,10H2,1-3H3,(H,19,20). The van der Waals surface area contributed by atoms with E-state index in [1.54, 1.807) is 41.0 Å². The van der Waals surface area contributed by atoms with Crippen molar-refractivity contribution in [1.29, 1.82) is 0 Å². The molecule has 5 nitrogen and oxygen atoms in total. The molecular formula is C15H21ClN2O3. The van der Waals surface area contributed by atoms with Crippen molar-refractivity contribution >= 4 is 29.2 Å². The van der Waals surface area contributed by atoms with Crippen molar-refractivity contribution in [1.82, 2.24) is 4.90 Å². The number of hydrogen-bond donors (Lipinski definition) is 1. The third-order valence-electron chi connectivity index (χ3n) is 3.36. The van der Waals surface area contributed by atoms with E-state index in [4.69, 9.17) is 16.7 Å². The normalized spacial score (nSPS) is 11.8. The Kier molecular flexibility index (Phi) is 6.49. The molecule has 0 heterocycles. The van der Waals surface area contributed by atoms with Crippen molar-refractivity contribution < 1.29 is 14.7 Å². The van der Waals surface area contributed by atoms with Crippen LogP contribution >= 0.6 is 11.6 Å². The number of aliphatic carboxylic acids is 1. The summed E-state index contributed by atoms with van der Waals surface area (Å²) in [5.74, 6) is -1.07. The van der Waals surface area contributed by atoms with E-state index in [-0.39, 0.29) is 12.5 Å². The highest BCUT2D eigenvalue weighted by Crippen LogP contribution is 2.21. The molecule has 0 aliphatic rings. The van der Waals surface area contributed by atoms with Crippen LogP contribution in [0.2, 0.25) is 5.02 Å². The van der Waals surface area contributed by atoms with E-state index in [2.05, 4.69) is 0 Å². The van der Waals surface area contributed by atoms with Gasteiger partial charge in [0.1, 0.15) is 12.6 Å². The van der Waals surface area contributed by atoms with Gasteiger partial charge in [-0.25, -0.2) is 0 Å². The maximum Gasteiger partial charge on any atom is 0.323 e. The lowest BCUT2D eigenvalue weighted by Crippen LogP contribution is -2.49. The summed E-state index contributed by atoms with van der Waals surface area (Å²) in [4.78, 5) is 26.8. The number of hydrogen-bond acceptors (Lipinski definition) is 3. The van der Waals surface area contributed by atoms with Crippen LogP contribution in [0, 0.1) is 0 Å². The van der Waals surface area contributed by atoms with Gasteiger partial charge in [0.25, 0.3) is 0 Å². The minimum atomic E-state index is -0.982. The van der Waals surface area contributed by atoms with Crippen LogP contribution in [-0.2, 0) is 9.59 Å². The molecule has 0 aliphatic heterocycles. The highest BCUT2D eigenvalue weighted by molar-refractivity contribution is 6.30. The van der Waals surface area contributed by atoms with Gasteiger partial charge in [-0.1, -0.05) is 11.6 Å². The van der Waals surface area contributed by atoms with E-state index in [0.29, 0.717) is 23.8 Å². The molecule has 1 rings (SSSR count). The van der Waals surface area contributed by atoms with Crippen molar-refractivity contribution in [3.8, 4) is 0 Å². The predicted molar refractivity (Wildman–Crippen MR) is 83.8 cm³/mol. The molecule has 0 saturated heterocycles. The summed E-state index contributed by atoms with van der Waals surface area (Å²) in [6.07, 6.45) is 0. The molecule has 1 amide bonds. The fourth-order valence-electron chi connectivity index (χ4n) is 2.16. The van der Waals surface area contributed by atoms with Crippen LogP contribution in [-0.4, -0.2) is 47.6 Å². The van der Waals surface area contributed by atoms with Crippen LogP contribution in [0.15, 0.2) is 24.3 Å². The third-order valence-corrected chi connectivity index (χ3v) is 3.62. The lowest BCUT2D eigenvalue weighted by Gasteiger charge is -2.32. The Labute approximate surface area is 130 Å². The summed E-state index contributed by atoms with van der Waals surface area (Å²) in [7, 11) is 0. The van der Waals surface area contributed by atoms with Crippen molar-refractivity contribution in [2.75, 3.05) is 24.5 Å². The number of likely N-dealkylation sites (N-methyl/N-ethyl adjacent to an activating group) is 1. The van der Waals surface area contributed by atoms with Gasteiger partial charge in [0, 0.05) is 23.8 Å². The zero-order valence-electron chi connectivity index (χ0n) is 12.5. The second-order valence-corrected chi connectivity index (χ2v) is 5.12. The second kappa shape index (κ2) is 7.88. The maximum atomic E-state index is 12.4. The molecule has 21 heavy (non-hydrogen) atoms. The molecule has 0 fully saturated rings. The molecule has 1 atom stereocenters. The fraction of sp³-hybridized carbons (Fsp3) is 0.467. The molecule has 0 saturated carbocycles. The summed E-state index contributed by atoms with van der Waals surface area (Å²) in [6, 6.07) is 6.25. The number of carbonyl (C=O) groups excluding carboxylic acids is 1. The van der Waals surface area contributed by atoms with Crippen molar-refractivity contribution in [3.63, 3.8) is 0 Å². The van der Waals surface area contributed by atoms with Crippen LogP contribution < -0.4 is 4.90 Å². The highest BCUT2D eigenvalue weighted by Gasteiger charge is 2.26. The van der Waals surface area contributed by atoms with Gasteiger partial charge in [0.05, 0.1) is 0 Å². The molecule has 0 spiro atoms. The van der Waals surface area contributed by atoms with Crippen LogP contribution in [0.5, 0.6) is 0 Å². The van der Waals surface area contributed by atoms with Gasteiger partial charge in [-0.15, -0.1) is 0 Å². The first kappa shape index (κ1) is 17.3. The monoisotopic (exact) mass is 312 g/mol. The quantitative estimate of drug-likeness (QED) is 0.840. The van der Waals surface area contributed by atoms with Gasteiger partial charge in [-0.2, -0.15) is 0 Å². The molecule has 0 bridgehead atoms. The average Bonchev–Trinajstić information content (AvgIpc) is 2.46. The van der Waals surface area contributed by atoms with Crippen LogP contribution in [0.4, 0.5) is 5.69 Å². The molecule has 1 N–H and O–H groups in total. The van der Waals surface area contributed by atoms with Crippen LogP contribution in [0.25, 0.3) is 0 Å². The van der Waals surface area contributed by atoms with E-state index in [9.17, 15) is 9.59 Å². The molecular weight excluding hydrogens is 292 g/mol. The Morgan fingerprint density at radius 3 is 2.14 bits per heavy atom. The first-order chi connectivity index (χ1) is 9.90. The number of carboxylic acid groups (broad SMARTS) is 1. The minimum absolute atomic E-state index is 0.0869. The minimum Gasteiger partial charge on any atom is -0.480 e. The van der Waals surface area contributed by atoms with Gasteiger partial charge in [0.2, 0.25) is 5.91 Å². The zero-order chi connectivity index (χ0) is 16.0. The summed E-state index contributed by atoms with van der Waals surface area (Å²) in [5.41, 5.74) is 0.662. The van der Waals surface area contributed by atoms with Gasteiger partial charge in [0.15, 0.2) is 0 Å². The molecule has 0 radical (unpaired) electrons. The summed E-state index contributed by atoms with van der Waals surface area (Å²) in [6.45, 7) is 6.48. The highest BCUT2D eigenvalue weighted by atomic mass is 35.5. The van der Waals surface area contributed by atoms with Crippen molar-refractivity contribution in [2.45, 2.75) is 26.8 Å². The van der Waals surface area contributed by atoms with E-state index >= 15 is 0 Å². The molecule has 116 valence electrons.